The molecule has 2 heteroatoms. The first-order valence-electron chi connectivity index (χ1n) is 9.08. The van der Waals surface area contributed by atoms with E-state index < -0.39 is 0 Å². The van der Waals surface area contributed by atoms with Gasteiger partial charge >= 0.3 is 0 Å². The Balaban J connectivity index is 1.82. The molecule has 0 aliphatic heterocycles. The van der Waals surface area contributed by atoms with Crippen molar-refractivity contribution in [3.05, 3.63) is 90.0 Å². The van der Waals surface area contributed by atoms with Gasteiger partial charge in [-0.2, -0.15) is 0 Å². The number of Topliss-reactive ketones (excluding diaryl/α,β-unsaturated/α-hetero) is 1. The Kier molecular flexibility index (Phi) is 3.87. The molecule has 0 radical (unpaired) electrons. The summed E-state index contributed by atoms with van der Waals surface area (Å²) in [7, 11) is 0. The number of hydrogen-bond donors (Lipinski definition) is 0. The molecule has 0 bridgehead atoms. The van der Waals surface area contributed by atoms with E-state index in [9.17, 15) is 4.79 Å². The first-order valence-corrected chi connectivity index (χ1v) is 10.3. The molecule has 0 aliphatic rings. The molecule has 0 unspecified atom stereocenters. The maximum absolute atomic E-state index is 12.9. The summed E-state index contributed by atoms with van der Waals surface area (Å²) in [6, 6.07) is 27.0. The Morgan fingerprint density at radius 2 is 1.44 bits per heavy atom. The van der Waals surface area contributed by atoms with Gasteiger partial charge in [0, 0.05) is 22.3 Å². The second kappa shape index (κ2) is 6.40. The lowest BCUT2D eigenvalue weighted by atomic mass is 9.89. The number of rotatable bonds is 4. The van der Waals surface area contributed by atoms with E-state index in [1.807, 2.05) is 30.3 Å². The van der Waals surface area contributed by atoms with Crippen molar-refractivity contribution in [2.45, 2.75) is 11.3 Å². The van der Waals surface area contributed by atoms with E-state index >= 15 is 0 Å². The molecule has 5 aromatic rings. The average molecular weight is 366 g/mol. The summed E-state index contributed by atoms with van der Waals surface area (Å²) in [5.74, 6) is 0.164. The molecule has 0 amide bonds. The highest BCUT2D eigenvalue weighted by molar-refractivity contribution is 7.98. The standard InChI is InChI=1S/C25H18OS/c1-27-22-13-12-18-11-10-17-8-5-9-19-14-20(24(22)25(18)23(17)19)15-21(26)16-6-3-2-4-7-16/h2-14H,15H2,1H3. The van der Waals surface area contributed by atoms with Crippen molar-refractivity contribution < 1.29 is 4.79 Å². The highest BCUT2D eigenvalue weighted by atomic mass is 32.2. The molecule has 0 heterocycles. The lowest BCUT2D eigenvalue weighted by Crippen LogP contribution is -2.04. The van der Waals surface area contributed by atoms with Crippen LogP contribution in [-0.4, -0.2) is 12.0 Å². The van der Waals surface area contributed by atoms with Gasteiger partial charge in [0.05, 0.1) is 0 Å². The summed E-state index contributed by atoms with van der Waals surface area (Å²) in [6.45, 7) is 0. The molecular weight excluding hydrogens is 348 g/mol. The molecule has 1 nitrogen and oxygen atoms in total. The highest BCUT2D eigenvalue weighted by Gasteiger charge is 2.17. The first kappa shape index (κ1) is 16.3. The van der Waals surface area contributed by atoms with Gasteiger partial charge in [0.1, 0.15) is 0 Å². The largest absolute Gasteiger partial charge is 0.294 e. The van der Waals surface area contributed by atoms with Crippen LogP contribution in [0.5, 0.6) is 0 Å². The van der Waals surface area contributed by atoms with Crippen LogP contribution < -0.4 is 0 Å². The van der Waals surface area contributed by atoms with Crippen molar-refractivity contribution in [1.29, 1.82) is 0 Å². The molecule has 0 spiro atoms. The normalized spacial score (nSPS) is 11.6. The molecule has 0 aliphatic carbocycles. The van der Waals surface area contributed by atoms with Gasteiger partial charge in [0.15, 0.2) is 5.78 Å². The Morgan fingerprint density at radius 1 is 0.741 bits per heavy atom. The summed E-state index contributed by atoms with van der Waals surface area (Å²) >= 11 is 1.75. The molecule has 5 aromatic carbocycles. The van der Waals surface area contributed by atoms with Crippen LogP contribution in [0, 0.1) is 0 Å². The van der Waals surface area contributed by atoms with Crippen LogP contribution in [0.15, 0.2) is 83.8 Å². The Bertz CT molecular complexity index is 1290. The zero-order valence-electron chi connectivity index (χ0n) is 15.0. The van der Waals surface area contributed by atoms with Crippen LogP contribution in [0.25, 0.3) is 32.3 Å². The van der Waals surface area contributed by atoms with Gasteiger partial charge in [-0.3, -0.25) is 4.79 Å². The van der Waals surface area contributed by atoms with E-state index in [1.165, 1.54) is 37.2 Å². The van der Waals surface area contributed by atoms with Crippen molar-refractivity contribution in [2.75, 3.05) is 6.26 Å². The van der Waals surface area contributed by atoms with E-state index in [0.717, 1.165) is 11.1 Å². The van der Waals surface area contributed by atoms with E-state index in [-0.39, 0.29) is 5.78 Å². The lowest BCUT2D eigenvalue weighted by molar-refractivity contribution is 0.0993. The van der Waals surface area contributed by atoms with E-state index in [0.29, 0.717) is 6.42 Å². The quantitative estimate of drug-likeness (QED) is 0.199. The molecule has 0 atom stereocenters. The van der Waals surface area contributed by atoms with Crippen LogP contribution in [0.1, 0.15) is 15.9 Å². The van der Waals surface area contributed by atoms with E-state index in [1.54, 1.807) is 11.8 Å². The molecule has 0 fully saturated rings. The van der Waals surface area contributed by atoms with Gasteiger partial charge in [-0.1, -0.05) is 66.7 Å². The highest BCUT2D eigenvalue weighted by Crippen LogP contribution is 2.40. The molecule has 130 valence electrons. The Hall–Kier alpha value is -2.84. The van der Waals surface area contributed by atoms with Gasteiger partial charge in [0.2, 0.25) is 0 Å². The number of benzene rings is 5. The van der Waals surface area contributed by atoms with E-state index in [2.05, 4.69) is 54.8 Å². The fourth-order valence-electron chi connectivity index (χ4n) is 4.11. The fraction of sp³-hybridized carbons (Fsp3) is 0.0800. The number of carbonyl (C=O) groups is 1. The zero-order valence-corrected chi connectivity index (χ0v) is 15.8. The van der Waals surface area contributed by atoms with Gasteiger partial charge < -0.3 is 0 Å². The van der Waals surface area contributed by atoms with Crippen LogP contribution in [-0.2, 0) is 6.42 Å². The van der Waals surface area contributed by atoms with Crippen molar-refractivity contribution in [2.24, 2.45) is 0 Å². The monoisotopic (exact) mass is 366 g/mol. The predicted molar refractivity (Wildman–Crippen MR) is 116 cm³/mol. The average Bonchev–Trinajstić information content (AvgIpc) is 2.72. The maximum atomic E-state index is 12.9. The van der Waals surface area contributed by atoms with Crippen LogP contribution in [0.3, 0.4) is 0 Å². The third-order valence-electron chi connectivity index (χ3n) is 5.34. The van der Waals surface area contributed by atoms with Crippen LogP contribution in [0.4, 0.5) is 0 Å². The molecule has 0 aromatic heterocycles. The molecule has 0 saturated heterocycles. The van der Waals surface area contributed by atoms with Crippen LogP contribution in [0.2, 0.25) is 0 Å². The van der Waals surface area contributed by atoms with Crippen molar-refractivity contribution in [1.82, 2.24) is 0 Å². The number of ketones is 1. The molecular formula is C25H18OS. The molecule has 0 saturated carbocycles. The van der Waals surface area contributed by atoms with Crippen molar-refractivity contribution in [3.8, 4) is 0 Å². The Labute approximate surface area is 162 Å². The predicted octanol–water partition coefficient (Wildman–Crippen LogP) is 6.73. The Morgan fingerprint density at radius 3 is 2.22 bits per heavy atom. The lowest BCUT2D eigenvalue weighted by Gasteiger charge is -2.17. The van der Waals surface area contributed by atoms with Crippen LogP contribution >= 0.6 is 11.8 Å². The molecule has 27 heavy (non-hydrogen) atoms. The summed E-state index contributed by atoms with van der Waals surface area (Å²) in [5.41, 5.74) is 1.89. The minimum absolute atomic E-state index is 0.164. The number of carbonyl (C=O) groups excluding carboxylic acids is 1. The third kappa shape index (κ3) is 2.60. The second-order valence-electron chi connectivity index (χ2n) is 6.89. The van der Waals surface area contributed by atoms with E-state index in [4.69, 9.17) is 0 Å². The van der Waals surface area contributed by atoms with Gasteiger partial charge in [-0.15, -0.1) is 11.8 Å². The SMILES string of the molecule is CSc1ccc2ccc3cccc4cc(CC(=O)c5ccccc5)c1c2c34. The van der Waals surface area contributed by atoms with Crippen molar-refractivity contribution in [3.63, 3.8) is 0 Å². The second-order valence-corrected chi connectivity index (χ2v) is 7.74. The third-order valence-corrected chi connectivity index (χ3v) is 6.12. The van der Waals surface area contributed by atoms with Gasteiger partial charge in [-0.25, -0.2) is 0 Å². The maximum Gasteiger partial charge on any atom is 0.167 e. The minimum atomic E-state index is 0.164. The summed E-state index contributed by atoms with van der Waals surface area (Å²) in [4.78, 5) is 14.2. The summed E-state index contributed by atoms with van der Waals surface area (Å²) in [6.07, 6.45) is 2.52. The number of hydrogen-bond acceptors (Lipinski definition) is 2. The molecule has 5 rings (SSSR count). The van der Waals surface area contributed by atoms with Gasteiger partial charge in [0.25, 0.3) is 0 Å². The minimum Gasteiger partial charge on any atom is -0.294 e. The fourth-order valence-corrected chi connectivity index (χ4v) is 4.75. The zero-order chi connectivity index (χ0) is 18.4. The number of thioether (sulfide) groups is 1. The van der Waals surface area contributed by atoms with Crippen molar-refractivity contribution >= 4 is 49.9 Å². The molecule has 0 N–H and O–H groups in total. The topological polar surface area (TPSA) is 17.1 Å². The summed E-state index contributed by atoms with van der Waals surface area (Å²) in [5, 5.41) is 7.52. The van der Waals surface area contributed by atoms with Gasteiger partial charge in [-0.05, 0) is 50.9 Å². The summed E-state index contributed by atoms with van der Waals surface area (Å²) < 4.78 is 0. The first-order chi connectivity index (χ1) is 13.3. The smallest absolute Gasteiger partial charge is 0.167 e.